The maximum Gasteiger partial charge on any atom is 0.271 e. The molecule has 1 aliphatic heterocycles. The summed E-state index contributed by atoms with van der Waals surface area (Å²) in [6.07, 6.45) is 7.23. The van der Waals surface area contributed by atoms with E-state index in [1.807, 2.05) is 5.38 Å². The highest BCUT2D eigenvalue weighted by Gasteiger charge is 2.22. The number of para-hydroxylation sites is 1. The van der Waals surface area contributed by atoms with Crippen molar-refractivity contribution in [2.24, 2.45) is 0 Å². The van der Waals surface area contributed by atoms with Gasteiger partial charge in [-0.15, -0.1) is 11.3 Å². The minimum absolute atomic E-state index is 0.00711. The molecule has 1 saturated heterocycles. The number of amides is 1. The van der Waals surface area contributed by atoms with Gasteiger partial charge in [0.05, 0.1) is 0 Å². The summed E-state index contributed by atoms with van der Waals surface area (Å²) in [6.45, 7) is 3.83. The largest absolute Gasteiger partial charge is 0.368 e. The third-order valence-corrected chi connectivity index (χ3v) is 6.49. The lowest BCUT2D eigenvalue weighted by Gasteiger charge is -2.35. The second kappa shape index (κ2) is 8.74. The number of carbonyl (C=O) groups is 1. The van der Waals surface area contributed by atoms with E-state index in [4.69, 9.17) is 0 Å². The standard InChI is InChI=1S/C21H28N4OS/c26-20(22-17-8-4-1-2-5-9-17)19-16-27-21(23-19)25-14-12-24(13-15-25)18-10-6-3-7-11-18/h3,6-7,10-11,16-17H,1-2,4-5,8-9,12-15H2,(H,22,26). The predicted molar refractivity (Wildman–Crippen MR) is 112 cm³/mol. The Morgan fingerprint density at radius 3 is 2.33 bits per heavy atom. The number of anilines is 2. The Bertz CT molecular complexity index is 732. The average Bonchev–Trinajstić information content (AvgIpc) is 3.08. The van der Waals surface area contributed by atoms with E-state index in [0.717, 1.165) is 44.2 Å². The van der Waals surface area contributed by atoms with Crippen molar-refractivity contribution in [1.29, 1.82) is 0 Å². The zero-order chi connectivity index (χ0) is 18.5. The van der Waals surface area contributed by atoms with Crippen LogP contribution < -0.4 is 15.1 Å². The van der Waals surface area contributed by atoms with E-state index < -0.39 is 0 Å². The number of carbonyl (C=O) groups excluding carboxylic acids is 1. The summed E-state index contributed by atoms with van der Waals surface area (Å²) in [6, 6.07) is 10.9. The van der Waals surface area contributed by atoms with Crippen LogP contribution in [0.1, 0.15) is 49.0 Å². The molecule has 2 aliphatic rings. The van der Waals surface area contributed by atoms with Gasteiger partial charge in [-0.05, 0) is 25.0 Å². The summed E-state index contributed by atoms with van der Waals surface area (Å²) in [4.78, 5) is 21.9. The van der Waals surface area contributed by atoms with Gasteiger partial charge in [-0.1, -0.05) is 43.9 Å². The van der Waals surface area contributed by atoms with Crippen LogP contribution in [0.15, 0.2) is 35.7 Å². The van der Waals surface area contributed by atoms with Crippen molar-refractivity contribution in [3.63, 3.8) is 0 Å². The molecule has 0 bridgehead atoms. The zero-order valence-corrected chi connectivity index (χ0v) is 16.6. The maximum absolute atomic E-state index is 12.6. The highest BCUT2D eigenvalue weighted by molar-refractivity contribution is 7.13. The number of piperazine rings is 1. The van der Waals surface area contributed by atoms with E-state index in [0.29, 0.717) is 11.7 Å². The lowest BCUT2D eigenvalue weighted by atomic mass is 10.1. The predicted octanol–water partition coefficient (Wildman–Crippen LogP) is 3.92. The Hall–Kier alpha value is -2.08. The highest BCUT2D eigenvalue weighted by atomic mass is 32.1. The number of rotatable bonds is 4. The molecule has 1 aromatic carbocycles. The molecule has 27 heavy (non-hydrogen) atoms. The van der Waals surface area contributed by atoms with Gasteiger partial charge in [0.25, 0.3) is 5.91 Å². The molecule has 144 valence electrons. The smallest absolute Gasteiger partial charge is 0.271 e. The molecule has 6 heteroatoms. The number of aromatic nitrogens is 1. The molecule has 1 aromatic heterocycles. The molecule has 2 aromatic rings. The number of hydrogen-bond donors (Lipinski definition) is 1. The van der Waals surface area contributed by atoms with Crippen molar-refractivity contribution >= 4 is 28.1 Å². The first-order valence-corrected chi connectivity index (χ1v) is 11.0. The van der Waals surface area contributed by atoms with Gasteiger partial charge in [-0.2, -0.15) is 0 Å². The fraction of sp³-hybridized carbons (Fsp3) is 0.524. The van der Waals surface area contributed by atoms with Gasteiger partial charge in [-0.3, -0.25) is 4.79 Å². The van der Waals surface area contributed by atoms with E-state index >= 15 is 0 Å². The summed E-state index contributed by atoms with van der Waals surface area (Å²) in [5.41, 5.74) is 1.85. The number of nitrogens with one attached hydrogen (secondary N) is 1. The van der Waals surface area contributed by atoms with E-state index in [1.54, 1.807) is 11.3 Å². The summed E-state index contributed by atoms with van der Waals surface area (Å²) in [5.74, 6) is -0.00711. The van der Waals surface area contributed by atoms with Crippen molar-refractivity contribution in [3.05, 3.63) is 41.4 Å². The van der Waals surface area contributed by atoms with Crippen molar-refractivity contribution in [1.82, 2.24) is 10.3 Å². The van der Waals surface area contributed by atoms with Gasteiger partial charge in [0.1, 0.15) is 5.69 Å². The third kappa shape index (κ3) is 4.61. The first kappa shape index (κ1) is 18.3. The number of benzene rings is 1. The molecule has 1 amide bonds. The third-order valence-electron chi connectivity index (χ3n) is 5.59. The van der Waals surface area contributed by atoms with Crippen LogP contribution in [-0.2, 0) is 0 Å². The van der Waals surface area contributed by atoms with E-state index in [-0.39, 0.29) is 5.91 Å². The molecule has 0 atom stereocenters. The van der Waals surface area contributed by atoms with Crippen molar-refractivity contribution in [2.45, 2.75) is 44.6 Å². The molecule has 0 radical (unpaired) electrons. The molecule has 2 fully saturated rings. The molecule has 1 aliphatic carbocycles. The van der Waals surface area contributed by atoms with Crippen LogP contribution in [0.4, 0.5) is 10.8 Å². The normalized spacial score (nSPS) is 19.0. The van der Waals surface area contributed by atoms with Crippen LogP contribution in [-0.4, -0.2) is 43.1 Å². The van der Waals surface area contributed by atoms with E-state index in [1.165, 1.54) is 31.4 Å². The van der Waals surface area contributed by atoms with Gasteiger partial charge >= 0.3 is 0 Å². The molecule has 5 nitrogen and oxygen atoms in total. The lowest BCUT2D eigenvalue weighted by Crippen LogP contribution is -2.46. The highest BCUT2D eigenvalue weighted by Crippen LogP contribution is 2.24. The van der Waals surface area contributed by atoms with Crippen LogP contribution in [0.5, 0.6) is 0 Å². The molecular weight excluding hydrogens is 356 g/mol. The molecule has 2 heterocycles. The number of hydrogen-bond acceptors (Lipinski definition) is 5. The molecule has 4 rings (SSSR count). The summed E-state index contributed by atoms with van der Waals surface area (Å²) in [5, 5.41) is 6.07. The molecule has 0 unspecified atom stereocenters. The molecular formula is C21H28N4OS. The van der Waals surface area contributed by atoms with Crippen LogP contribution in [0.2, 0.25) is 0 Å². The first-order valence-electron chi connectivity index (χ1n) is 10.1. The average molecular weight is 385 g/mol. The number of thiazole rings is 1. The maximum atomic E-state index is 12.6. The quantitative estimate of drug-likeness (QED) is 0.812. The second-order valence-electron chi connectivity index (χ2n) is 7.49. The minimum atomic E-state index is -0.00711. The fourth-order valence-corrected chi connectivity index (χ4v) is 4.85. The fourth-order valence-electron chi connectivity index (χ4n) is 3.99. The van der Waals surface area contributed by atoms with Gasteiger partial charge < -0.3 is 15.1 Å². The minimum Gasteiger partial charge on any atom is -0.368 e. The van der Waals surface area contributed by atoms with Crippen molar-refractivity contribution < 1.29 is 4.79 Å². The SMILES string of the molecule is O=C(NC1CCCCCC1)c1csc(N2CCN(c3ccccc3)CC2)n1. The van der Waals surface area contributed by atoms with E-state index in [9.17, 15) is 4.79 Å². The Balaban J connectivity index is 1.32. The molecule has 1 saturated carbocycles. The van der Waals surface area contributed by atoms with Gasteiger partial charge in [0.15, 0.2) is 5.13 Å². The van der Waals surface area contributed by atoms with Crippen LogP contribution >= 0.6 is 11.3 Å². The Kier molecular flexibility index (Phi) is 5.92. The van der Waals surface area contributed by atoms with Gasteiger partial charge in [-0.25, -0.2) is 4.98 Å². The Morgan fingerprint density at radius 1 is 0.963 bits per heavy atom. The van der Waals surface area contributed by atoms with Gasteiger partial charge in [0, 0.05) is 43.3 Å². The second-order valence-corrected chi connectivity index (χ2v) is 8.32. The van der Waals surface area contributed by atoms with Crippen molar-refractivity contribution in [3.8, 4) is 0 Å². The first-order chi connectivity index (χ1) is 13.3. The number of nitrogens with zero attached hydrogens (tertiary/aromatic N) is 3. The summed E-state index contributed by atoms with van der Waals surface area (Å²) in [7, 11) is 0. The van der Waals surface area contributed by atoms with Crippen LogP contribution in [0.3, 0.4) is 0 Å². The zero-order valence-electron chi connectivity index (χ0n) is 15.8. The Labute approximate surface area is 165 Å². The lowest BCUT2D eigenvalue weighted by molar-refractivity contribution is 0.0929. The van der Waals surface area contributed by atoms with Crippen LogP contribution in [0, 0.1) is 0 Å². The van der Waals surface area contributed by atoms with Crippen molar-refractivity contribution in [2.75, 3.05) is 36.0 Å². The van der Waals surface area contributed by atoms with E-state index in [2.05, 4.69) is 50.4 Å². The monoisotopic (exact) mass is 384 g/mol. The molecule has 1 N–H and O–H groups in total. The Morgan fingerprint density at radius 2 is 1.63 bits per heavy atom. The summed E-state index contributed by atoms with van der Waals surface area (Å²) >= 11 is 1.58. The summed E-state index contributed by atoms with van der Waals surface area (Å²) < 4.78 is 0. The molecule has 0 spiro atoms. The van der Waals surface area contributed by atoms with Gasteiger partial charge in [0.2, 0.25) is 0 Å². The van der Waals surface area contributed by atoms with Crippen LogP contribution in [0.25, 0.3) is 0 Å². The topological polar surface area (TPSA) is 48.5 Å².